The average molecular weight is 474 g/mol. The molecule has 0 spiro atoms. The first kappa shape index (κ1) is 23.4. The van der Waals surface area contributed by atoms with Gasteiger partial charge in [0.25, 0.3) is 5.91 Å². The van der Waals surface area contributed by atoms with Crippen molar-refractivity contribution in [2.75, 3.05) is 11.9 Å². The van der Waals surface area contributed by atoms with E-state index in [1.165, 1.54) is 5.56 Å². The predicted molar refractivity (Wildman–Crippen MR) is 139 cm³/mol. The SMILES string of the molecule is CCC(C)c1ccc2oc(-c3cccc(NC(=S)NC(=O)COc4ccc(C)cc4)c3)nc2c1. The van der Waals surface area contributed by atoms with Gasteiger partial charge in [-0.05, 0) is 79.5 Å². The molecule has 6 nitrogen and oxygen atoms in total. The van der Waals surface area contributed by atoms with Crippen LogP contribution in [-0.2, 0) is 4.79 Å². The maximum Gasteiger partial charge on any atom is 0.264 e. The number of aromatic nitrogens is 1. The molecule has 0 saturated heterocycles. The van der Waals surface area contributed by atoms with Gasteiger partial charge in [0, 0.05) is 11.3 Å². The molecule has 4 aromatic rings. The molecule has 1 heterocycles. The van der Waals surface area contributed by atoms with Crippen molar-refractivity contribution >= 4 is 40.0 Å². The van der Waals surface area contributed by atoms with Gasteiger partial charge in [-0.1, -0.05) is 43.7 Å². The number of thiocarbonyl (C=S) groups is 1. The van der Waals surface area contributed by atoms with E-state index in [0.717, 1.165) is 28.6 Å². The average Bonchev–Trinajstić information content (AvgIpc) is 3.27. The summed E-state index contributed by atoms with van der Waals surface area (Å²) in [6, 6.07) is 21.2. The molecule has 174 valence electrons. The number of benzene rings is 3. The third-order valence-electron chi connectivity index (χ3n) is 5.60. The van der Waals surface area contributed by atoms with Crippen LogP contribution in [0.3, 0.4) is 0 Å². The molecule has 4 rings (SSSR count). The third kappa shape index (κ3) is 5.80. The Bertz CT molecular complexity index is 1310. The van der Waals surface area contributed by atoms with Crippen molar-refractivity contribution in [3.63, 3.8) is 0 Å². The van der Waals surface area contributed by atoms with E-state index < -0.39 is 0 Å². The first-order chi connectivity index (χ1) is 16.4. The fraction of sp³-hybridized carbons (Fsp3) is 0.222. The Morgan fingerprint density at radius 1 is 1.12 bits per heavy atom. The lowest BCUT2D eigenvalue weighted by Gasteiger charge is -2.11. The maximum atomic E-state index is 12.2. The largest absolute Gasteiger partial charge is 0.484 e. The highest BCUT2D eigenvalue weighted by atomic mass is 32.1. The molecule has 0 aliphatic heterocycles. The lowest BCUT2D eigenvalue weighted by atomic mass is 9.98. The smallest absolute Gasteiger partial charge is 0.264 e. The number of amides is 1. The van der Waals surface area contributed by atoms with Crippen LogP contribution in [0.2, 0.25) is 0 Å². The van der Waals surface area contributed by atoms with E-state index in [9.17, 15) is 4.79 Å². The highest BCUT2D eigenvalue weighted by molar-refractivity contribution is 7.80. The number of nitrogens with zero attached hydrogens (tertiary/aromatic N) is 1. The van der Waals surface area contributed by atoms with Gasteiger partial charge in [0.2, 0.25) is 5.89 Å². The van der Waals surface area contributed by atoms with Crippen molar-refractivity contribution in [2.45, 2.75) is 33.1 Å². The standard InChI is InChI=1S/C27H27N3O3S/c1-4-18(3)19-10-13-24-23(15-19)29-26(33-24)20-6-5-7-21(14-20)28-27(34)30-25(31)16-32-22-11-8-17(2)9-12-22/h5-15,18H,4,16H2,1-3H3,(H2,28,30,31,34). The Hall–Kier alpha value is -3.71. The Morgan fingerprint density at radius 3 is 2.68 bits per heavy atom. The van der Waals surface area contributed by atoms with E-state index in [0.29, 0.717) is 23.2 Å². The van der Waals surface area contributed by atoms with Gasteiger partial charge in [0.05, 0.1) is 0 Å². The molecule has 7 heteroatoms. The second-order valence-corrected chi connectivity index (χ2v) is 8.65. The van der Waals surface area contributed by atoms with Crippen LogP contribution < -0.4 is 15.4 Å². The number of ether oxygens (including phenoxy) is 1. The van der Waals surface area contributed by atoms with Gasteiger partial charge in [-0.2, -0.15) is 0 Å². The summed E-state index contributed by atoms with van der Waals surface area (Å²) in [5.74, 6) is 1.28. The summed E-state index contributed by atoms with van der Waals surface area (Å²) < 4.78 is 11.5. The molecule has 0 bridgehead atoms. The van der Waals surface area contributed by atoms with E-state index >= 15 is 0 Å². The van der Waals surface area contributed by atoms with Crippen molar-refractivity contribution in [3.8, 4) is 17.2 Å². The molecule has 2 N–H and O–H groups in total. The monoisotopic (exact) mass is 473 g/mol. The van der Waals surface area contributed by atoms with Crippen LogP contribution >= 0.6 is 12.2 Å². The van der Waals surface area contributed by atoms with Crippen molar-refractivity contribution in [3.05, 3.63) is 77.9 Å². The third-order valence-corrected chi connectivity index (χ3v) is 5.81. The summed E-state index contributed by atoms with van der Waals surface area (Å²) in [5.41, 5.74) is 5.48. The normalized spacial score (nSPS) is 11.7. The summed E-state index contributed by atoms with van der Waals surface area (Å²) in [4.78, 5) is 16.9. The van der Waals surface area contributed by atoms with Crippen LogP contribution in [0.25, 0.3) is 22.6 Å². The lowest BCUT2D eigenvalue weighted by molar-refractivity contribution is -0.121. The summed E-state index contributed by atoms with van der Waals surface area (Å²) in [7, 11) is 0. The van der Waals surface area contributed by atoms with Crippen LogP contribution in [0.4, 0.5) is 5.69 Å². The molecule has 1 unspecified atom stereocenters. The number of carbonyl (C=O) groups excluding carboxylic acids is 1. The van der Waals surface area contributed by atoms with Crippen LogP contribution in [0.5, 0.6) is 5.75 Å². The highest BCUT2D eigenvalue weighted by Gasteiger charge is 2.12. The van der Waals surface area contributed by atoms with Gasteiger partial charge in [0.1, 0.15) is 11.3 Å². The minimum atomic E-state index is -0.342. The van der Waals surface area contributed by atoms with Gasteiger partial charge >= 0.3 is 0 Å². The van der Waals surface area contributed by atoms with Crippen LogP contribution in [0.1, 0.15) is 37.3 Å². The van der Waals surface area contributed by atoms with Crippen LogP contribution in [-0.4, -0.2) is 22.6 Å². The minimum absolute atomic E-state index is 0.132. The molecule has 1 atom stereocenters. The summed E-state index contributed by atoms with van der Waals surface area (Å²) in [6.07, 6.45) is 1.07. The van der Waals surface area contributed by atoms with Crippen molar-refractivity contribution in [2.24, 2.45) is 0 Å². The van der Waals surface area contributed by atoms with E-state index in [4.69, 9.17) is 21.4 Å². The lowest BCUT2D eigenvalue weighted by Crippen LogP contribution is -2.37. The summed E-state index contributed by atoms with van der Waals surface area (Å²) >= 11 is 5.29. The molecule has 3 aromatic carbocycles. The van der Waals surface area contributed by atoms with Crippen LogP contribution in [0.15, 0.2) is 71.1 Å². The number of carbonyl (C=O) groups is 1. The number of hydrogen-bond donors (Lipinski definition) is 2. The number of oxazole rings is 1. The number of aryl methyl sites for hydroxylation is 1. The highest BCUT2D eigenvalue weighted by Crippen LogP contribution is 2.29. The molecule has 0 aliphatic carbocycles. The summed E-state index contributed by atoms with van der Waals surface area (Å²) in [5, 5.41) is 5.84. The number of nitrogens with one attached hydrogen (secondary N) is 2. The van der Waals surface area contributed by atoms with Gasteiger partial charge in [-0.25, -0.2) is 4.98 Å². The molecular weight excluding hydrogens is 446 g/mol. The first-order valence-corrected chi connectivity index (χ1v) is 11.6. The van der Waals surface area contributed by atoms with Crippen molar-refractivity contribution in [1.82, 2.24) is 10.3 Å². The Kier molecular flexibility index (Phi) is 7.23. The zero-order valence-electron chi connectivity index (χ0n) is 19.4. The van der Waals surface area contributed by atoms with E-state index in [1.807, 2.05) is 61.5 Å². The first-order valence-electron chi connectivity index (χ1n) is 11.2. The fourth-order valence-electron chi connectivity index (χ4n) is 3.45. The Balaban J connectivity index is 1.38. The number of fused-ring (bicyclic) bond motifs is 1. The predicted octanol–water partition coefficient (Wildman–Crippen LogP) is 6.21. The number of anilines is 1. The molecule has 0 saturated carbocycles. The molecule has 0 aliphatic rings. The fourth-order valence-corrected chi connectivity index (χ4v) is 3.68. The van der Waals surface area contributed by atoms with E-state index in [2.05, 4.69) is 41.6 Å². The molecule has 1 aromatic heterocycles. The van der Waals surface area contributed by atoms with Crippen molar-refractivity contribution in [1.29, 1.82) is 0 Å². The van der Waals surface area contributed by atoms with Gasteiger partial charge < -0.3 is 14.5 Å². The van der Waals surface area contributed by atoms with E-state index in [1.54, 1.807) is 0 Å². The Morgan fingerprint density at radius 2 is 1.91 bits per heavy atom. The van der Waals surface area contributed by atoms with Crippen molar-refractivity contribution < 1.29 is 13.9 Å². The van der Waals surface area contributed by atoms with Gasteiger partial charge in [0.15, 0.2) is 17.3 Å². The second-order valence-electron chi connectivity index (χ2n) is 8.24. The Labute approximate surface area is 204 Å². The number of hydrogen-bond acceptors (Lipinski definition) is 5. The van der Waals surface area contributed by atoms with Gasteiger partial charge in [-0.15, -0.1) is 0 Å². The van der Waals surface area contributed by atoms with E-state index in [-0.39, 0.29) is 17.6 Å². The maximum absolute atomic E-state index is 12.2. The zero-order valence-corrected chi connectivity index (χ0v) is 20.2. The minimum Gasteiger partial charge on any atom is -0.484 e. The quantitative estimate of drug-likeness (QED) is 0.311. The second kappa shape index (κ2) is 10.5. The molecular formula is C27H27N3O3S. The molecule has 0 fully saturated rings. The molecule has 0 radical (unpaired) electrons. The van der Waals surface area contributed by atoms with Crippen LogP contribution in [0, 0.1) is 6.92 Å². The van der Waals surface area contributed by atoms with Gasteiger partial charge in [-0.3, -0.25) is 10.1 Å². The zero-order chi connectivity index (χ0) is 24.1. The topological polar surface area (TPSA) is 76.4 Å². The number of rotatable bonds is 7. The molecule has 1 amide bonds. The molecule has 34 heavy (non-hydrogen) atoms. The summed E-state index contributed by atoms with van der Waals surface area (Å²) in [6.45, 7) is 6.23.